The first-order chi connectivity index (χ1) is 16.4. The highest BCUT2D eigenvalue weighted by molar-refractivity contribution is 6.30. The van der Waals surface area contributed by atoms with E-state index in [-0.39, 0.29) is 24.5 Å². The van der Waals surface area contributed by atoms with Gasteiger partial charge in [-0.3, -0.25) is 0 Å². The summed E-state index contributed by atoms with van der Waals surface area (Å²) >= 11 is 6.30. The molecule has 1 aromatic heterocycles. The summed E-state index contributed by atoms with van der Waals surface area (Å²) in [5.41, 5.74) is 4.29. The van der Waals surface area contributed by atoms with Gasteiger partial charge in [0.2, 0.25) is 0 Å². The molecule has 4 rings (SSSR count). The van der Waals surface area contributed by atoms with Crippen molar-refractivity contribution in [3.8, 4) is 5.75 Å². The van der Waals surface area contributed by atoms with E-state index in [1.807, 2.05) is 19.1 Å². The van der Waals surface area contributed by atoms with Gasteiger partial charge >= 0.3 is 5.97 Å². The molecule has 1 heterocycles. The van der Waals surface area contributed by atoms with Crippen molar-refractivity contribution >= 4 is 28.7 Å². The van der Waals surface area contributed by atoms with Crippen LogP contribution in [-0.2, 0) is 11.3 Å². The van der Waals surface area contributed by atoms with Gasteiger partial charge in [-0.15, -0.1) is 0 Å². The van der Waals surface area contributed by atoms with E-state index < -0.39 is 17.6 Å². The first kappa shape index (κ1) is 23.9. The van der Waals surface area contributed by atoms with Crippen LogP contribution >= 0.6 is 11.6 Å². The van der Waals surface area contributed by atoms with Crippen molar-refractivity contribution in [2.24, 2.45) is 0 Å². The van der Waals surface area contributed by atoms with Crippen molar-refractivity contribution in [3.63, 3.8) is 0 Å². The van der Waals surface area contributed by atoms with Gasteiger partial charge in [0.05, 0.1) is 17.9 Å². The standard InChI is InChI=1S/C27H24ClF2NO3/c1-3-33-27(32)26-16(2)10-12-24(31-26)19-7-4-6-18(19)20-14-17(28)11-13-25(20)34-15-21-22(29)8-5-9-23(21)30/h5,8-14H,3-4,6-7,15H2,1-2H3. The monoisotopic (exact) mass is 483 g/mol. The van der Waals surface area contributed by atoms with Crippen LogP contribution in [0, 0.1) is 18.6 Å². The number of hydrogen-bond acceptors (Lipinski definition) is 4. The summed E-state index contributed by atoms with van der Waals surface area (Å²) in [6.07, 6.45) is 2.41. The molecule has 0 aliphatic heterocycles. The van der Waals surface area contributed by atoms with Crippen LogP contribution in [0.25, 0.3) is 11.1 Å². The predicted molar refractivity (Wildman–Crippen MR) is 128 cm³/mol. The molecule has 1 aliphatic carbocycles. The number of aryl methyl sites for hydroxylation is 1. The third-order valence-electron chi connectivity index (χ3n) is 5.79. The molecule has 176 valence electrons. The lowest BCUT2D eigenvalue weighted by molar-refractivity contribution is 0.0518. The van der Waals surface area contributed by atoms with E-state index in [9.17, 15) is 13.6 Å². The Labute approximate surface area is 202 Å². The number of aromatic nitrogens is 1. The fourth-order valence-electron chi connectivity index (χ4n) is 4.11. The Hall–Kier alpha value is -3.25. The Morgan fingerprint density at radius 2 is 1.79 bits per heavy atom. The van der Waals surface area contributed by atoms with Crippen LogP contribution in [-0.4, -0.2) is 17.6 Å². The molecule has 7 heteroatoms. The number of nitrogens with zero attached hydrogens (tertiary/aromatic N) is 1. The Morgan fingerprint density at radius 3 is 2.53 bits per heavy atom. The smallest absolute Gasteiger partial charge is 0.357 e. The Bertz CT molecular complexity index is 1250. The van der Waals surface area contributed by atoms with Crippen LogP contribution in [0.4, 0.5) is 8.78 Å². The molecule has 0 fully saturated rings. The zero-order chi connectivity index (χ0) is 24.2. The van der Waals surface area contributed by atoms with Gasteiger partial charge in [-0.05, 0) is 86.2 Å². The fraction of sp³-hybridized carbons (Fsp3) is 0.259. The maximum atomic E-state index is 14.1. The SMILES string of the molecule is CCOC(=O)c1nc(C2=C(c3cc(Cl)ccc3OCc3c(F)cccc3F)CCC2)ccc1C. The number of benzene rings is 2. The van der Waals surface area contributed by atoms with Gasteiger partial charge in [-0.25, -0.2) is 18.6 Å². The topological polar surface area (TPSA) is 48.4 Å². The zero-order valence-corrected chi connectivity index (χ0v) is 19.7. The molecule has 2 aromatic carbocycles. The molecule has 0 amide bonds. The highest BCUT2D eigenvalue weighted by Gasteiger charge is 2.24. The minimum Gasteiger partial charge on any atom is -0.488 e. The summed E-state index contributed by atoms with van der Waals surface area (Å²) in [5, 5.41) is 0.516. The lowest BCUT2D eigenvalue weighted by atomic mass is 9.98. The maximum Gasteiger partial charge on any atom is 0.357 e. The van der Waals surface area contributed by atoms with Crippen LogP contribution in [0.15, 0.2) is 48.5 Å². The highest BCUT2D eigenvalue weighted by Crippen LogP contribution is 2.43. The van der Waals surface area contributed by atoms with E-state index in [0.717, 1.165) is 41.5 Å². The molecule has 0 saturated carbocycles. The highest BCUT2D eigenvalue weighted by atomic mass is 35.5. The molecule has 1 aliphatic rings. The van der Waals surface area contributed by atoms with Crippen molar-refractivity contribution in [3.05, 3.63) is 93.3 Å². The number of carbonyl (C=O) groups excluding carboxylic acids is 1. The van der Waals surface area contributed by atoms with Crippen molar-refractivity contribution in [2.75, 3.05) is 6.61 Å². The Kier molecular flexibility index (Phi) is 7.27. The number of allylic oxidation sites excluding steroid dienone is 2. The third kappa shape index (κ3) is 4.97. The van der Waals surface area contributed by atoms with Crippen molar-refractivity contribution in [2.45, 2.75) is 39.7 Å². The second kappa shape index (κ2) is 10.3. The number of esters is 1. The molecule has 0 spiro atoms. The Morgan fingerprint density at radius 1 is 1.06 bits per heavy atom. The molecule has 0 N–H and O–H groups in total. The summed E-state index contributed by atoms with van der Waals surface area (Å²) in [5.74, 6) is -1.31. The number of carbonyl (C=O) groups is 1. The van der Waals surface area contributed by atoms with Gasteiger partial charge in [0, 0.05) is 10.6 Å². The first-order valence-corrected chi connectivity index (χ1v) is 11.5. The number of halogens is 3. The average molecular weight is 484 g/mol. The van der Waals surface area contributed by atoms with E-state index in [1.165, 1.54) is 18.2 Å². The minimum absolute atomic E-state index is 0.136. The number of pyridine rings is 1. The van der Waals surface area contributed by atoms with Crippen molar-refractivity contribution in [1.82, 2.24) is 4.98 Å². The maximum absolute atomic E-state index is 14.1. The lowest BCUT2D eigenvalue weighted by Gasteiger charge is -2.16. The molecule has 34 heavy (non-hydrogen) atoms. The van der Waals surface area contributed by atoms with Gasteiger partial charge in [-0.1, -0.05) is 23.7 Å². The van der Waals surface area contributed by atoms with Gasteiger partial charge in [0.15, 0.2) is 5.69 Å². The minimum atomic E-state index is -0.661. The second-order valence-corrected chi connectivity index (χ2v) is 8.46. The van der Waals surface area contributed by atoms with Crippen molar-refractivity contribution in [1.29, 1.82) is 0 Å². The predicted octanol–water partition coefficient (Wildman–Crippen LogP) is 7.17. The number of hydrogen-bond donors (Lipinski definition) is 0. The fourth-order valence-corrected chi connectivity index (χ4v) is 4.28. The van der Waals surface area contributed by atoms with E-state index in [2.05, 4.69) is 4.98 Å². The van der Waals surface area contributed by atoms with Crippen molar-refractivity contribution < 1.29 is 23.0 Å². The number of rotatable bonds is 7. The normalized spacial score (nSPS) is 13.3. The summed E-state index contributed by atoms with van der Waals surface area (Å²) in [7, 11) is 0. The largest absolute Gasteiger partial charge is 0.488 e. The van der Waals surface area contributed by atoms with Gasteiger partial charge in [0.25, 0.3) is 0 Å². The summed E-state index contributed by atoms with van der Waals surface area (Å²) in [4.78, 5) is 17.0. The van der Waals surface area contributed by atoms with Gasteiger partial charge in [0.1, 0.15) is 24.0 Å². The van der Waals surface area contributed by atoms with Crippen LogP contribution < -0.4 is 4.74 Å². The van der Waals surface area contributed by atoms with Gasteiger partial charge in [-0.2, -0.15) is 0 Å². The summed E-state index contributed by atoms with van der Waals surface area (Å²) in [6, 6.07) is 12.6. The molecule has 0 unspecified atom stereocenters. The van der Waals surface area contributed by atoms with Crippen LogP contribution in [0.1, 0.15) is 59.1 Å². The van der Waals surface area contributed by atoms with Crippen LogP contribution in [0.5, 0.6) is 5.75 Å². The molecule has 4 nitrogen and oxygen atoms in total. The Balaban J connectivity index is 1.73. The molecule has 0 saturated heterocycles. The number of ether oxygens (including phenoxy) is 2. The van der Waals surface area contributed by atoms with Crippen LogP contribution in [0.2, 0.25) is 5.02 Å². The molecular weight excluding hydrogens is 460 g/mol. The van der Waals surface area contributed by atoms with E-state index >= 15 is 0 Å². The molecule has 0 atom stereocenters. The first-order valence-electron chi connectivity index (χ1n) is 11.1. The summed E-state index contributed by atoms with van der Waals surface area (Å²) < 4.78 is 39.2. The average Bonchev–Trinajstić information content (AvgIpc) is 3.30. The van der Waals surface area contributed by atoms with Crippen LogP contribution in [0.3, 0.4) is 0 Å². The van der Waals surface area contributed by atoms with Gasteiger partial charge < -0.3 is 9.47 Å². The second-order valence-electron chi connectivity index (χ2n) is 8.02. The lowest BCUT2D eigenvalue weighted by Crippen LogP contribution is -2.10. The zero-order valence-electron chi connectivity index (χ0n) is 19.0. The summed E-state index contributed by atoms with van der Waals surface area (Å²) in [6.45, 7) is 3.58. The molecule has 0 radical (unpaired) electrons. The quantitative estimate of drug-likeness (QED) is 0.334. The molecule has 3 aromatic rings. The molecular formula is C27H24ClF2NO3. The van der Waals surface area contributed by atoms with E-state index in [4.69, 9.17) is 21.1 Å². The van der Waals surface area contributed by atoms with E-state index in [1.54, 1.807) is 25.1 Å². The third-order valence-corrected chi connectivity index (χ3v) is 6.03. The molecule has 0 bridgehead atoms. The van der Waals surface area contributed by atoms with E-state index in [0.29, 0.717) is 16.5 Å².